The van der Waals surface area contributed by atoms with Gasteiger partial charge in [-0.1, -0.05) is 6.07 Å². The lowest BCUT2D eigenvalue weighted by atomic mass is 10.3. The van der Waals surface area contributed by atoms with Gasteiger partial charge in [-0.2, -0.15) is 4.31 Å². The van der Waals surface area contributed by atoms with Crippen molar-refractivity contribution in [1.82, 2.24) is 13.7 Å². The largest absolute Gasteiger partial charge is 0.303 e. The number of pyridine rings is 1. The molecular weight excluding hydrogens is 348 g/mol. The van der Waals surface area contributed by atoms with Crippen molar-refractivity contribution in [3.8, 4) is 0 Å². The fourth-order valence-corrected chi connectivity index (χ4v) is 4.55. The predicted octanol–water partition coefficient (Wildman–Crippen LogP) is 2.97. The van der Waals surface area contributed by atoms with Gasteiger partial charge in [0.15, 0.2) is 0 Å². The smallest absolute Gasteiger partial charge is 0.243 e. The van der Waals surface area contributed by atoms with Gasteiger partial charge in [0.1, 0.15) is 17.3 Å². The molecule has 1 saturated carbocycles. The maximum absolute atomic E-state index is 13.5. The quantitative estimate of drug-likeness (QED) is 0.700. The zero-order valence-corrected chi connectivity index (χ0v) is 14.0. The summed E-state index contributed by atoms with van der Waals surface area (Å²) < 4.78 is 56.0. The third-order valence-electron chi connectivity index (χ3n) is 4.21. The fourth-order valence-electron chi connectivity index (χ4n) is 2.85. The Bertz CT molecular complexity index is 1020. The molecule has 25 heavy (non-hydrogen) atoms. The maximum Gasteiger partial charge on any atom is 0.243 e. The van der Waals surface area contributed by atoms with E-state index in [0.29, 0.717) is 17.4 Å². The van der Waals surface area contributed by atoms with Gasteiger partial charge in [-0.3, -0.25) is 0 Å². The molecule has 0 unspecified atom stereocenters. The molecule has 0 N–H and O–H groups in total. The van der Waals surface area contributed by atoms with E-state index in [4.69, 9.17) is 0 Å². The third-order valence-corrected chi connectivity index (χ3v) is 6.08. The van der Waals surface area contributed by atoms with Crippen LogP contribution in [-0.2, 0) is 16.6 Å². The summed E-state index contributed by atoms with van der Waals surface area (Å²) in [6.07, 6.45) is 4.88. The molecule has 1 aliphatic rings. The number of halogens is 2. The number of rotatable bonds is 5. The minimum absolute atomic E-state index is 0.0936. The molecule has 2 heterocycles. The van der Waals surface area contributed by atoms with Gasteiger partial charge in [0.05, 0.1) is 23.3 Å². The average Bonchev–Trinajstić information content (AvgIpc) is 3.32. The summed E-state index contributed by atoms with van der Waals surface area (Å²) in [4.78, 5) is 3.89. The summed E-state index contributed by atoms with van der Waals surface area (Å²) in [7, 11) is -4.02. The van der Waals surface area contributed by atoms with Crippen LogP contribution in [0, 0.1) is 11.6 Å². The first-order valence-electron chi connectivity index (χ1n) is 7.84. The highest BCUT2D eigenvalue weighted by molar-refractivity contribution is 7.89. The van der Waals surface area contributed by atoms with Crippen LogP contribution in [0.2, 0.25) is 0 Å². The summed E-state index contributed by atoms with van der Waals surface area (Å²) in [6.45, 7) is 0.0936. The molecule has 0 radical (unpaired) electrons. The maximum atomic E-state index is 13.5. The summed E-state index contributed by atoms with van der Waals surface area (Å²) in [5.74, 6) is -1.83. The first-order chi connectivity index (χ1) is 11.9. The zero-order valence-electron chi connectivity index (χ0n) is 13.1. The van der Waals surface area contributed by atoms with Crippen molar-refractivity contribution < 1.29 is 17.2 Å². The highest BCUT2D eigenvalue weighted by Gasteiger charge is 2.39. The van der Waals surface area contributed by atoms with Crippen molar-refractivity contribution in [2.45, 2.75) is 30.3 Å². The lowest BCUT2D eigenvalue weighted by Gasteiger charge is -2.21. The Morgan fingerprint density at radius 3 is 2.56 bits per heavy atom. The molecule has 8 heteroatoms. The molecule has 1 fully saturated rings. The molecule has 1 aliphatic carbocycles. The minimum atomic E-state index is -4.02. The van der Waals surface area contributed by atoms with Crippen molar-refractivity contribution >= 4 is 15.7 Å². The van der Waals surface area contributed by atoms with Gasteiger partial charge >= 0.3 is 0 Å². The molecule has 1 aromatic carbocycles. The summed E-state index contributed by atoms with van der Waals surface area (Å²) >= 11 is 0. The van der Waals surface area contributed by atoms with E-state index in [9.17, 15) is 17.2 Å². The molecule has 4 rings (SSSR count). The SMILES string of the molecule is O=S(=O)(c1cc(F)cc(F)c1)N(Cc1cnc2ccccn12)C1CC1. The molecule has 0 bridgehead atoms. The van der Waals surface area contributed by atoms with E-state index < -0.39 is 21.7 Å². The predicted molar refractivity (Wildman–Crippen MR) is 87.3 cm³/mol. The molecule has 0 amide bonds. The number of imidazole rings is 1. The number of sulfonamides is 1. The number of hydrogen-bond donors (Lipinski definition) is 0. The van der Waals surface area contributed by atoms with Crippen LogP contribution in [0.1, 0.15) is 18.5 Å². The Balaban J connectivity index is 1.74. The van der Waals surface area contributed by atoms with Gasteiger partial charge in [0, 0.05) is 18.3 Å². The Morgan fingerprint density at radius 2 is 1.88 bits per heavy atom. The second kappa shape index (κ2) is 5.89. The average molecular weight is 363 g/mol. The zero-order chi connectivity index (χ0) is 17.6. The second-order valence-electron chi connectivity index (χ2n) is 6.06. The van der Waals surface area contributed by atoms with E-state index in [0.717, 1.165) is 25.0 Å². The van der Waals surface area contributed by atoms with Gasteiger partial charge < -0.3 is 4.40 Å². The van der Waals surface area contributed by atoms with Crippen molar-refractivity contribution in [2.75, 3.05) is 0 Å². The Kier molecular flexibility index (Phi) is 3.81. The van der Waals surface area contributed by atoms with E-state index in [2.05, 4.69) is 4.98 Å². The summed E-state index contributed by atoms with van der Waals surface area (Å²) in [5, 5.41) is 0. The van der Waals surface area contributed by atoms with Gasteiger partial charge in [0.25, 0.3) is 0 Å². The van der Waals surface area contributed by atoms with Crippen LogP contribution >= 0.6 is 0 Å². The monoisotopic (exact) mass is 363 g/mol. The topological polar surface area (TPSA) is 54.7 Å². The Hall–Kier alpha value is -2.32. The van der Waals surface area contributed by atoms with E-state index in [-0.39, 0.29) is 17.5 Å². The third kappa shape index (κ3) is 3.03. The van der Waals surface area contributed by atoms with Crippen molar-refractivity contribution in [3.05, 3.63) is 66.1 Å². The van der Waals surface area contributed by atoms with Gasteiger partial charge in [-0.05, 0) is 37.1 Å². The van der Waals surface area contributed by atoms with Crippen LogP contribution in [0.4, 0.5) is 8.78 Å². The van der Waals surface area contributed by atoms with Gasteiger partial charge in [-0.15, -0.1) is 0 Å². The summed E-state index contributed by atoms with van der Waals surface area (Å²) in [6, 6.07) is 7.69. The Morgan fingerprint density at radius 1 is 1.16 bits per heavy atom. The molecule has 2 aromatic heterocycles. The van der Waals surface area contributed by atoms with Crippen LogP contribution in [0.5, 0.6) is 0 Å². The number of hydrogen-bond acceptors (Lipinski definition) is 3. The van der Waals surface area contributed by atoms with Gasteiger partial charge in [0.2, 0.25) is 10.0 Å². The standard InChI is InChI=1S/C17H15F2N3O2S/c18-12-7-13(19)9-16(8-12)25(23,24)22(14-4-5-14)11-15-10-20-17-3-1-2-6-21(15)17/h1-3,6-10,14H,4-5,11H2. The minimum Gasteiger partial charge on any atom is -0.303 e. The second-order valence-corrected chi connectivity index (χ2v) is 7.96. The first-order valence-corrected chi connectivity index (χ1v) is 9.28. The molecule has 5 nitrogen and oxygen atoms in total. The normalized spacial score (nSPS) is 15.2. The van der Waals surface area contributed by atoms with Crippen molar-refractivity contribution in [2.24, 2.45) is 0 Å². The number of aromatic nitrogens is 2. The van der Waals surface area contributed by atoms with Crippen LogP contribution in [0.3, 0.4) is 0 Å². The molecule has 0 spiro atoms. The van der Waals surface area contributed by atoms with E-state index in [1.165, 1.54) is 4.31 Å². The van der Waals surface area contributed by atoms with Crippen molar-refractivity contribution in [1.29, 1.82) is 0 Å². The highest BCUT2D eigenvalue weighted by atomic mass is 32.2. The molecular formula is C17H15F2N3O2S. The molecule has 130 valence electrons. The fraction of sp³-hybridized carbons (Fsp3) is 0.235. The highest BCUT2D eigenvalue weighted by Crippen LogP contribution is 2.34. The van der Waals surface area contributed by atoms with E-state index >= 15 is 0 Å². The van der Waals surface area contributed by atoms with Crippen molar-refractivity contribution in [3.63, 3.8) is 0 Å². The number of nitrogens with zero attached hydrogens (tertiary/aromatic N) is 3. The van der Waals surface area contributed by atoms with Crippen LogP contribution in [0.25, 0.3) is 5.65 Å². The molecule has 0 atom stereocenters. The molecule has 3 aromatic rings. The van der Waals surface area contributed by atoms with E-state index in [1.54, 1.807) is 16.8 Å². The lowest BCUT2D eigenvalue weighted by molar-refractivity contribution is 0.392. The molecule has 0 saturated heterocycles. The Labute approximate surface area is 143 Å². The first kappa shape index (κ1) is 16.2. The van der Waals surface area contributed by atoms with E-state index in [1.807, 2.05) is 18.2 Å². The number of benzene rings is 1. The number of fused-ring (bicyclic) bond motifs is 1. The molecule has 0 aliphatic heterocycles. The van der Waals surface area contributed by atoms with Crippen LogP contribution < -0.4 is 0 Å². The summed E-state index contributed by atoms with van der Waals surface area (Å²) in [5.41, 5.74) is 1.41. The van der Waals surface area contributed by atoms with Crippen LogP contribution in [-0.4, -0.2) is 28.1 Å². The van der Waals surface area contributed by atoms with Crippen LogP contribution in [0.15, 0.2) is 53.7 Å². The van der Waals surface area contributed by atoms with Gasteiger partial charge in [-0.25, -0.2) is 22.2 Å². The lowest BCUT2D eigenvalue weighted by Crippen LogP contribution is -2.33.